The van der Waals surface area contributed by atoms with Gasteiger partial charge in [0.15, 0.2) is 0 Å². The second kappa shape index (κ2) is 6.03. The van der Waals surface area contributed by atoms with Crippen LogP contribution >= 0.6 is 11.6 Å². The minimum atomic E-state index is -3.51. The van der Waals surface area contributed by atoms with Gasteiger partial charge in [-0.05, 0) is 55.4 Å². The molecule has 2 saturated carbocycles. The first kappa shape index (κ1) is 15.9. The zero-order valence-electron chi connectivity index (χ0n) is 13.0. The Morgan fingerprint density at radius 2 is 1.78 bits per heavy atom. The van der Waals surface area contributed by atoms with E-state index in [4.69, 9.17) is 16.3 Å². The maximum atomic E-state index is 13.3. The standard InChI is InChI=1S/C17H22ClNO3S/c18-14-5-7-16(8-6-14)23(20,21)19-15(9-12-1-2-12)10-22-11-17(19)13-3-4-13/h5-8,12-13,15,17H,1-4,9-11H2. The molecule has 1 aromatic carbocycles. The van der Waals surface area contributed by atoms with E-state index < -0.39 is 10.0 Å². The summed E-state index contributed by atoms with van der Waals surface area (Å²) in [5, 5.41) is 0.555. The molecule has 0 N–H and O–H groups in total. The third kappa shape index (κ3) is 3.29. The largest absolute Gasteiger partial charge is 0.378 e. The lowest BCUT2D eigenvalue weighted by molar-refractivity contribution is -0.0173. The topological polar surface area (TPSA) is 46.6 Å². The molecule has 0 spiro atoms. The van der Waals surface area contributed by atoms with Gasteiger partial charge in [-0.15, -0.1) is 0 Å². The fourth-order valence-corrected chi connectivity index (χ4v) is 5.56. The van der Waals surface area contributed by atoms with Crippen LogP contribution in [0.4, 0.5) is 0 Å². The van der Waals surface area contributed by atoms with Crippen LogP contribution in [0.5, 0.6) is 0 Å². The minimum Gasteiger partial charge on any atom is -0.378 e. The molecule has 1 heterocycles. The molecule has 2 atom stereocenters. The van der Waals surface area contributed by atoms with Crippen molar-refractivity contribution in [2.45, 2.75) is 49.1 Å². The molecule has 6 heteroatoms. The Kier molecular flexibility index (Phi) is 4.16. The lowest BCUT2D eigenvalue weighted by atomic mass is 10.1. The Hall–Kier alpha value is -0.620. The molecule has 3 fully saturated rings. The van der Waals surface area contributed by atoms with Gasteiger partial charge in [-0.2, -0.15) is 4.31 Å². The first-order chi connectivity index (χ1) is 11.1. The van der Waals surface area contributed by atoms with Gasteiger partial charge in [0, 0.05) is 11.1 Å². The molecule has 0 radical (unpaired) electrons. The highest BCUT2D eigenvalue weighted by Crippen LogP contribution is 2.43. The molecular formula is C17H22ClNO3S. The zero-order chi connectivity index (χ0) is 16.0. The van der Waals surface area contributed by atoms with Crippen molar-refractivity contribution in [1.82, 2.24) is 4.31 Å². The third-order valence-corrected chi connectivity index (χ3v) is 7.39. The summed E-state index contributed by atoms with van der Waals surface area (Å²) in [4.78, 5) is 0.343. The van der Waals surface area contributed by atoms with Gasteiger partial charge in [-0.25, -0.2) is 8.42 Å². The highest BCUT2D eigenvalue weighted by atomic mass is 35.5. The third-order valence-electron chi connectivity index (χ3n) is 5.14. The van der Waals surface area contributed by atoms with Crippen molar-refractivity contribution in [3.05, 3.63) is 29.3 Å². The van der Waals surface area contributed by atoms with Crippen LogP contribution < -0.4 is 0 Å². The first-order valence-electron chi connectivity index (χ1n) is 8.42. The normalized spacial score (nSPS) is 29.6. The Morgan fingerprint density at radius 1 is 1.09 bits per heavy atom. The molecule has 0 bridgehead atoms. The number of morpholine rings is 1. The van der Waals surface area contributed by atoms with E-state index in [1.165, 1.54) is 12.8 Å². The predicted octanol–water partition coefficient (Wildman–Crippen LogP) is 3.31. The summed E-state index contributed by atoms with van der Waals surface area (Å²) >= 11 is 5.91. The summed E-state index contributed by atoms with van der Waals surface area (Å²) in [6.07, 6.45) is 5.59. The van der Waals surface area contributed by atoms with Crippen molar-refractivity contribution >= 4 is 21.6 Å². The monoisotopic (exact) mass is 355 g/mol. The molecule has 0 aromatic heterocycles. The molecular weight excluding hydrogens is 334 g/mol. The van der Waals surface area contributed by atoms with Crippen LogP contribution in [-0.2, 0) is 14.8 Å². The molecule has 4 rings (SSSR count). The zero-order valence-corrected chi connectivity index (χ0v) is 14.6. The van der Waals surface area contributed by atoms with Crippen LogP contribution in [0.1, 0.15) is 32.1 Å². The molecule has 1 saturated heterocycles. The van der Waals surface area contributed by atoms with E-state index in [1.54, 1.807) is 28.6 Å². The number of hydrogen-bond acceptors (Lipinski definition) is 3. The molecule has 1 aromatic rings. The van der Waals surface area contributed by atoms with E-state index in [9.17, 15) is 8.42 Å². The van der Waals surface area contributed by atoms with Crippen LogP contribution in [0, 0.1) is 11.8 Å². The molecule has 4 nitrogen and oxygen atoms in total. The van der Waals surface area contributed by atoms with Crippen LogP contribution in [0.15, 0.2) is 29.2 Å². The number of sulfonamides is 1. The molecule has 3 aliphatic rings. The lowest BCUT2D eigenvalue weighted by Gasteiger charge is -2.41. The van der Waals surface area contributed by atoms with Gasteiger partial charge in [0.25, 0.3) is 0 Å². The average Bonchev–Trinajstić information content (AvgIpc) is 3.41. The fourth-order valence-electron chi connectivity index (χ4n) is 3.58. The second-order valence-electron chi connectivity index (χ2n) is 7.06. The van der Waals surface area contributed by atoms with Gasteiger partial charge in [-0.3, -0.25) is 0 Å². The van der Waals surface area contributed by atoms with Crippen LogP contribution in [-0.4, -0.2) is 38.0 Å². The van der Waals surface area contributed by atoms with Crippen LogP contribution in [0.25, 0.3) is 0 Å². The summed E-state index contributed by atoms with van der Waals surface area (Å²) in [5.41, 5.74) is 0. The molecule has 1 aliphatic heterocycles. The molecule has 2 unspecified atom stereocenters. The lowest BCUT2D eigenvalue weighted by Crippen LogP contribution is -2.55. The number of ether oxygens (including phenoxy) is 1. The Balaban J connectivity index is 1.68. The molecule has 23 heavy (non-hydrogen) atoms. The Morgan fingerprint density at radius 3 is 2.39 bits per heavy atom. The summed E-state index contributed by atoms with van der Waals surface area (Å²) in [7, 11) is -3.51. The molecule has 0 amide bonds. The number of halogens is 1. The smallest absolute Gasteiger partial charge is 0.243 e. The van der Waals surface area contributed by atoms with E-state index in [2.05, 4.69) is 0 Å². The maximum absolute atomic E-state index is 13.3. The van der Waals surface area contributed by atoms with Crippen LogP contribution in [0.3, 0.4) is 0 Å². The maximum Gasteiger partial charge on any atom is 0.243 e. The molecule has 126 valence electrons. The van der Waals surface area contributed by atoms with E-state index in [0.29, 0.717) is 35.0 Å². The van der Waals surface area contributed by atoms with Gasteiger partial charge >= 0.3 is 0 Å². The van der Waals surface area contributed by atoms with Crippen molar-refractivity contribution in [2.75, 3.05) is 13.2 Å². The SMILES string of the molecule is O=S(=O)(c1ccc(Cl)cc1)N1C(CC2CC2)COCC1C1CC1. The summed E-state index contributed by atoms with van der Waals surface area (Å²) < 4.78 is 34.1. The summed E-state index contributed by atoms with van der Waals surface area (Å²) in [5.74, 6) is 1.13. The summed E-state index contributed by atoms with van der Waals surface area (Å²) in [6, 6.07) is 6.50. The van der Waals surface area contributed by atoms with Gasteiger partial charge < -0.3 is 4.74 Å². The molecule has 2 aliphatic carbocycles. The van der Waals surface area contributed by atoms with Gasteiger partial charge in [-0.1, -0.05) is 24.4 Å². The number of benzene rings is 1. The van der Waals surface area contributed by atoms with E-state index in [1.807, 2.05) is 0 Å². The number of rotatable bonds is 5. The van der Waals surface area contributed by atoms with Crippen molar-refractivity contribution in [3.63, 3.8) is 0 Å². The van der Waals surface area contributed by atoms with Gasteiger partial charge in [0.2, 0.25) is 10.0 Å². The number of hydrogen-bond donors (Lipinski definition) is 0. The quantitative estimate of drug-likeness (QED) is 0.814. The predicted molar refractivity (Wildman–Crippen MR) is 88.9 cm³/mol. The summed E-state index contributed by atoms with van der Waals surface area (Å²) in [6.45, 7) is 1.05. The van der Waals surface area contributed by atoms with Gasteiger partial charge in [0.05, 0.1) is 24.2 Å². The van der Waals surface area contributed by atoms with Crippen molar-refractivity contribution in [3.8, 4) is 0 Å². The average molecular weight is 356 g/mol. The van der Waals surface area contributed by atoms with E-state index in [0.717, 1.165) is 19.3 Å². The highest BCUT2D eigenvalue weighted by Gasteiger charge is 2.47. The fraction of sp³-hybridized carbons (Fsp3) is 0.647. The van der Waals surface area contributed by atoms with E-state index in [-0.39, 0.29) is 12.1 Å². The Bertz CT molecular complexity index is 668. The number of nitrogens with zero attached hydrogens (tertiary/aromatic N) is 1. The highest BCUT2D eigenvalue weighted by molar-refractivity contribution is 7.89. The van der Waals surface area contributed by atoms with Crippen molar-refractivity contribution in [2.24, 2.45) is 11.8 Å². The van der Waals surface area contributed by atoms with Crippen molar-refractivity contribution in [1.29, 1.82) is 0 Å². The second-order valence-corrected chi connectivity index (χ2v) is 9.34. The van der Waals surface area contributed by atoms with Crippen LogP contribution in [0.2, 0.25) is 5.02 Å². The first-order valence-corrected chi connectivity index (χ1v) is 10.2. The minimum absolute atomic E-state index is 0.00632. The van der Waals surface area contributed by atoms with Crippen molar-refractivity contribution < 1.29 is 13.2 Å². The Labute approximate surface area is 142 Å². The van der Waals surface area contributed by atoms with E-state index >= 15 is 0 Å². The van der Waals surface area contributed by atoms with Gasteiger partial charge in [0.1, 0.15) is 0 Å².